The summed E-state index contributed by atoms with van der Waals surface area (Å²) in [6, 6.07) is 2.31. The number of aromatic nitrogens is 2. The smallest absolute Gasteiger partial charge is 0.131 e. The fourth-order valence-corrected chi connectivity index (χ4v) is 2.23. The summed E-state index contributed by atoms with van der Waals surface area (Å²) in [6.07, 6.45) is 5.40. The maximum absolute atomic E-state index is 6.08. The van der Waals surface area contributed by atoms with E-state index in [1.807, 2.05) is 12.3 Å². The lowest BCUT2D eigenvalue weighted by molar-refractivity contribution is 0.589. The summed E-state index contributed by atoms with van der Waals surface area (Å²) in [7, 11) is 0. The lowest BCUT2D eigenvalue weighted by atomic mass is 10.00. The molecule has 0 bridgehead atoms. The summed E-state index contributed by atoms with van der Waals surface area (Å²) >= 11 is 0. The van der Waals surface area contributed by atoms with Gasteiger partial charge in [0.1, 0.15) is 5.82 Å². The van der Waals surface area contributed by atoms with Crippen LogP contribution in [0, 0.1) is 0 Å². The zero-order valence-electron chi connectivity index (χ0n) is 9.48. The molecule has 15 heavy (non-hydrogen) atoms. The summed E-state index contributed by atoms with van der Waals surface area (Å²) in [5.74, 6) is 1.78. The summed E-state index contributed by atoms with van der Waals surface area (Å²) in [4.78, 5) is 8.90. The van der Waals surface area contributed by atoms with E-state index in [-0.39, 0.29) is 0 Å². The van der Waals surface area contributed by atoms with E-state index < -0.39 is 0 Å². The Labute approximate surface area is 91.1 Å². The maximum atomic E-state index is 6.08. The Morgan fingerprint density at radius 3 is 2.80 bits per heavy atom. The van der Waals surface area contributed by atoms with E-state index in [0.717, 1.165) is 17.9 Å². The predicted octanol–water partition coefficient (Wildman–Crippen LogP) is 2.19. The highest BCUT2D eigenvalue weighted by Gasteiger charge is 2.26. The molecule has 1 heterocycles. The summed E-state index contributed by atoms with van der Waals surface area (Å²) in [6.45, 7) is 4.24. The minimum Gasteiger partial charge on any atom is -0.327 e. The summed E-state index contributed by atoms with van der Waals surface area (Å²) in [5.41, 5.74) is 7.21. The second kappa shape index (κ2) is 4.27. The van der Waals surface area contributed by atoms with Crippen molar-refractivity contribution in [1.29, 1.82) is 0 Å². The van der Waals surface area contributed by atoms with Crippen LogP contribution in [-0.2, 0) is 0 Å². The van der Waals surface area contributed by atoms with Crippen LogP contribution in [-0.4, -0.2) is 16.0 Å². The van der Waals surface area contributed by atoms with Crippen LogP contribution in [0.1, 0.15) is 56.5 Å². The van der Waals surface area contributed by atoms with Crippen molar-refractivity contribution in [3.05, 3.63) is 23.8 Å². The molecule has 0 aromatic carbocycles. The average Bonchev–Trinajstić information content (AvgIpc) is 2.64. The van der Waals surface area contributed by atoms with Gasteiger partial charge in [-0.2, -0.15) is 0 Å². The second-order valence-corrected chi connectivity index (χ2v) is 4.70. The fourth-order valence-electron chi connectivity index (χ4n) is 2.23. The van der Waals surface area contributed by atoms with E-state index >= 15 is 0 Å². The molecule has 0 radical (unpaired) electrons. The Morgan fingerprint density at radius 1 is 1.40 bits per heavy atom. The molecular formula is C12H19N3. The SMILES string of the molecule is CC(C)c1nccc(C2CCCC2N)n1. The Balaban J connectivity index is 2.24. The minimum absolute atomic E-state index is 0.292. The average molecular weight is 205 g/mol. The van der Waals surface area contributed by atoms with Gasteiger partial charge in [-0.05, 0) is 18.9 Å². The van der Waals surface area contributed by atoms with Gasteiger partial charge in [0.05, 0.1) is 0 Å². The zero-order valence-corrected chi connectivity index (χ0v) is 9.48. The van der Waals surface area contributed by atoms with E-state index in [9.17, 15) is 0 Å². The standard InChI is InChI=1S/C12H19N3/c1-8(2)12-14-7-6-11(15-12)9-4-3-5-10(9)13/h6-10H,3-5,13H2,1-2H3. The molecule has 2 atom stereocenters. The molecule has 1 aliphatic rings. The van der Waals surface area contributed by atoms with Crippen LogP contribution in [0.3, 0.4) is 0 Å². The fraction of sp³-hybridized carbons (Fsp3) is 0.667. The Morgan fingerprint density at radius 2 is 2.20 bits per heavy atom. The number of hydrogen-bond acceptors (Lipinski definition) is 3. The molecule has 0 spiro atoms. The third-order valence-electron chi connectivity index (χ3n) is 3.16. The normalized spacial score (nSPS) is 26.1. The topological polar surface area (TPSA) is 51.8 Å². The van der Waals surface area contributed by atoms with Crippen molar-refractivity contribution >= 4 is 0 Å². The van der Waals surface area contributed by atoms with Gasteiger partial charge in [-0.1, -0.05) is 20.3 Å². The van der Waals surface area contributed by atoms with Gasteiger partial charge in [-0.15, -0.1) is 0 Å². The number of rotatable bonds is 2. The van der Waals surface area contributed by atoms with Crippen molar-refractivity contribution in [2.75, 3.05) is 0 Å². The molecule has 3 nitrogen and oxygen atoms in total. The van der Waals surface area contributed by atoms with E-state index in [0.29, 0.717) is 17.9 Å². The van der Waals surface area contributed by atoms with Crippen molar-refractivity contribution in [3.8, 4) is 0 Å². The van der Waals surface area contributed by atoms with Gasteiger partial charge in [0.2, 0.25) is 0 Å². The van der Waals surface area contributed by atoms with E-state index in [1.54, 1.807) is 0 Å². The van der Waals surface area contributed by atoms with Crippen molar-refractivity contribution in [2.45, 2.75) is 51.0 Å². The van der Waals surface area contributed by atoms with Crippen LogP contribution >= 0.6 is 0 Å². The second-order valence-electron chi connectivity index (χ2n) is 4.70. The van der Waals surface area contributed by atoms with E-state index in [4.69, 9.17) is 5.73 Å². The van der Waals surface area contributed by atoms with Gasteiger partial charge < -0.3 is 5.73 Å². The van der Waals surface area contributed by atoms with Crippen LogP contribution in [0.25, 0.3) is 0 Å². The van der Waals surface area contributed by atoms with Gasteiger partial charge >= 0.3 is 0 Å². The van der Waals surface area contributed by atoms with Crippen LogP contribution < -0.4 is 5.73 Å². The van der Waals surface area contributed by atoms with Crippen molar-refractivity contribution < 1.29 is 0 Å². The molecule has 0 aliphatic heterocycles. The number of nitrogens with two attached hydrogens (primary N) is 1. The molecule has 1 aromatic rings. The molecule has 2 unspecified atom stereocenters. The largest absolute Gasteiger partial charge is 0.327 e. The first-order chi connectivity index (χ1) is 7.18. The maximum Gasteiger partial charge on any atom is 0.131 e. The molecule has 3 heteroatoms. The van der Waals surface area contributed by atoms with Crippen LogP contribution in [0.15, 0.2) is 12.3 Å². The van der Waals surface area contributed by atoms with Crippen molar-refractivity contribution in [2.24, 2.45) is 5.73 Å². The lowest BCUT2D eigenvalue weighted by Crippen LogP contribution is -2.23. The molecule has 2 N–H and O–H groups in total. The first-order valence-corrected chi connectivity index (χ1v) is 5.77. The highest BCUT2D eigenvalue weighted by Crippen LogP contribution is 2.32. The first kappa shape index (κ1) is 10.6. The highest BCUT2D eigenvalue weighted by molar-refractivity contribution is 5.14. The van der Waals surface area contributed by atoms with Gasteiger partial charge in [-0.3, -0.25) is 0 Å². The Hall–Kier alpha value is -0.960. The molecule has 1 aliphatic carbocycles. The lowest BCUT2D eigenvalue weighted by Gasteiger charge is -2.15. The van der Waals surface area contributed by atoms with Gasteiger partial charge in [0, 0.05) is 29.8 Å². The summed E-state index contributed by atoms with van der Waals surface area (Å²) in [5, 5.41) is 0. The van der Waals surface area contributed by atoms with Crippen LogP contribution in [0.5, 0.6) is 0 Å². The molecule has 0 saturated heterocycles. The van der Waals surface area contributed by atoms with Gasteiger partial charge in [0.15, 0.2) is 0 Å². The molecule has 0 amide bonds. The van der Waals surface area contributed by atoms with E-state index in [2.05, 4.69) is 23.8 Å². The van der Waals surface area contributed by atoms with E-state index in [1.165, 1.54) is 12.8 Å². The number of nitrogens with zero attached hydrogens (tertiary/aromatic N) is 2. The quantitative estimate of drug-likeness (QED) is 0.805. The number of hydrogen-bond donors (Lipinski definition) is 1. The van der Waals surface area contributed by atoms with Crippen molar-refractivity contribution in [1.82, 2.24) is 9.97 Å². The van der Waals surface area contributed by atoms with Crippen LogP contribution in [0.2, 0.25) is 0 Å². The molecule has 1 aromatic heterocycles. The van der Waals surface area contributed by atoms with Gasteiger partial charge in [0.25, 0.3) is 0 Å². The minimum atomic E-state index is 0.292. The molecule has 1 fully saturated rings. The molecule has 1 saturated carbocycles. The highest BCUT2D eigenvalue weighted by atomic mass is 14.9. The molecular weight excluding hydrogens is 186 g/mol. The molecule has 82 valence electrons. The zero-order chi connectivity index (χ0) is 10.8. The third kappa shape index (κ3) is 2.17. The van der Waals surface area contributed by atoms with Crippen LogP contribution in [0.4, 0.5) is 0 Å². The first-order valence-electron chi connectivity index (χ1n) is 5.77. The Bertz CT molecular complexity index is 335. The Kier molecular flexibility index (Phi) is 3.00. The third-order valence-corrected chi connectivity index (χ3v) is 3.16. The summed E-state index contributed by atoms with van der Waals surface area (Å²) < 4.78 is 0. The van der Waals surface area contributed by atoms with Gasteiger partial charge in [-0.25, -0.2) is 9.97 Å². The van der Waals surface area contributed by atoms with Crippen molar-refractivity contribution in [3.63, 3.8) is 0 Å². The monoisotopic (exact) mass is 205 g/mol. The molecule has 2 rings (SSSR count). The predicted molar refractivity (Wildman–Crippen MR) is 60.7 cm³/mol.